The number of rotatable bonds is 3. The van der Waals surface area contributed by atoms with Gasteiger partial charge < -0.3 is 15.4 Å². The highest BCUT2D eigenvalue weighted by molar-refractivity contribution is 5.66. The molecule has 0 amide bonds. The molecular weight excluding hydrogens is 216 g/mol. The van der Waals surface area contributed by atoms with E-state index in [1.54, 1.807) is 13.3 Å². The molecule has 88 valence electrons. The van der Waals surface area contributed by atoms with Crippen molar-refractivity contribution in [3.63, 3.8) is 0 Å². The van der Waals surface area contributed by atoms with Gasteiger partial charge in [0.25, 0.3) is 0 Å². The van der Waals surface area contributed by atoms with E-state index in [1.165, 1.54) is 6.20 Å². The Hall–Kier alpha value is -2.30. The van der Waals surface area contributed by atoms with Crippen LogP contribution in [0.5, 0.6) is 5.75 Å². The molecule has 0 atom stereocenters. The molecule has 2 aromatic rings. The number of methoxy groups -OCH3 is 1. The normalized spacial score (nSPS) is 10.0. The summed E-state index contributed by atoms with van der Waals surface area (Å²) >= 11 is 0. The molecule has 1 aromatic carbocycles. The molecule has 1 heterocycles. The van der Waals surface area contributed by atoms with Crippen molar-refractivity contribution in [2.45, 2.75) is 0 Å². The highest BCUT2D eigenvalue weighted by Gasteiger charge is 2.10. The van der Waals surface area contributed by atoms with Crippen LogP contribution in [-0.2, 0) is 0 Å². The first-order valence-corrected chi connectivity index (χ1v) is 5.16. The summed E-state index contributed by atoms with van der Waals surface area (Å²) in [6.45, 7) is 0. The van der Waals surface area contributed by atoms with Gasteiger partial charge in [-0.25, -0.2) is 4.98 Å². The number of nitrogens with two attached hydrogens (primary N) is 1. The lowest BCUT2D eigenvalue weighted by Crippen LogP contribution is -2.13. The molecule has 0 saturated heterocycles. The smallest absolute Gasteiger partial charge is 0.153 e. The number of nitrogen functional groups attached to an aromatic ring is 1. The second-order valence-electron chi connectivity index (χ2n) is 3.53. The molecule has 1 aromatic heterocycles. The number of benzene rings is 1. The van der Waals surface area contributed by atoms with Crippen LogP contribution < -0.4 is 15.4 Å². The Kier molecular flexibility index (Phi) is 3.09. The zero-order valence-electron chi connectivity index (χ0n) is 9.79. The van der Waals surface area contributed by atoms with E-state index in [0.717, 1.165) is 11.4 Å². The van der Waals surface area contributed by atoms with E-state index >= 15 is 0 Å². The molecule has 5 heteroatoms. The average Bonchev–Trinajstić information content (AvgIpc) is 2.38. The van der Waals surface area contributed by atoms with Gasteiger partial charge in [-0.2, -0.15) is 0 Å². The molecule has 0 unspecified atom stereocenters. The topological polar surface area (TPSA) is 64.3 Å². The van der Waals surface area contributed by atoms with E-state index in [4.69, 9.17) is 10.5 Å². The van der Waals surface area contributed by atoms with Crippen LogP contribution in [0.4, 0.5) is 17.3 Å². The molecule has 0 aliphatic rings. The Bertz CT molecular complexity index is 515. The zero-order valence-corrected chi connectivity index (χ0v) is 9.79. The Morgan fingerprint density at radius 1 is 1.24 bits per heavy atom. The minimum absolute atomic E-state index is 0.393. The van der Waals surface area contributed by atoms with Crippen LogP contribution in [0.2, 0.25) is 0 Å². The van der Waals surface area contributed by atoms with E-state index in [1.807, 2.05) is 36.2 Å². The van der Waals surface area contributed by atoms with Crippen molar-refractivity contribution in [3.8, 4) is 5.75 Å². The second-order valence-corrected chi connectivity index (χ2v) is 3.53. The van der Waals surface area contributed by atoms with Crippen LogP contribution >= 0.6 is 0 Å². The monoisotopic (exact) mass is 230 g/mol. The predicted octanol–water partition coefficient (Wildman–Crippen LogP) is 1.84. The van der Waals surface area contributed by atoms with Gasteiger partial charge in [-0.05, 0) is 12.1 Å². The molecule has 17 heavy (non-hydrogen) atoms. The Balaban J connectivity index is 2.40. The highest BCUT2D eigenvalue weighted by atomic mass is 16.5. The van der Waals surface area contributed by atoms with Crippen LogP contribution in [0.3, 0.4) is 0 Å². The number of para-hydroxylation sites is 2. The molecule has 5 nitrogen and oxygen atoms in total. The third-order valence-corrected chi connectivity index (χ3v) is 2.43. The summed E-state index contributed by atoms with van der Waals surface area (Å²) in [7, 11) is 3.53. The lowest BCUT2D eigenvalue weighted by atomic mass is 10.2. The molecule has 0 spiro atoms. The van der Waals surface area contributed by atoms with Gasteiger partial charge in [0.05, 0.1) is 25.2 Å². The average molecular weight is 230 g/mol. The van der Waals surface area contributed by atoms with Crippen LogP contribution in [0.25, 0.3) is 0 Å². The van der Waals surface area contributed by atoms with Crippen molar-refractivity contribution in [1.82, 2.24) is 9.97 Å². The van der Waals surface area contributed by atoms with Crippen molar-refractivity contribution in [1.29, 1.82) is 0 Å². The maximum atomic E-state index is 5.61. The quantitative estimate of drug-likeness (QED) is 0.871. The number of hydrogen-bond acceptors (Lipinski definition) is 5. The van der Waals surface area contributed by atoms with Crippen LogP contribution in [0.1, 0.15) is 0 Å². The number of hydrogen-bond donors (Lipinski definition) is 1. The first-order valence-electron chi connectivity index (χ1n) is 5.16. The summed E-state index contributed by atoms with van der Waals surface area (Å²) in [6.07, 6.45) is 3.17. The van der Waals surface area contributed by atoms with Crippen molar-refractivity contribution < 1.29 is 4.74 Å². The van der Waals surface area contributed by atoms with E-state index in [2.05, 4.69) is 9.97 Å². The molecular formula is C12H14N4O. The van der Waals surface area contributed by atoms with Crippen molar-refractivity contribution in [2.24, 2.45) is 0 Å². The van der Waals surface area contributed by atoms with Crippen molar-refractivity contribution in [3.05, 3.63) is 36.7 Å². The van der Waals surface area contributed by atoms with Gasteiger partial charge in [0, 0.05) is 7.05 Å². The maximum Gasteiger partial charge on any atom is 0.153 e. The van der Waals surface area contributed by atoms with Gasteiger partial charge in [0.2, 0.25) is 0 Å². The standard InChI is InChI=1S/C12H14N4O/c1-16(12-8-14-7-11(13)15-12)9-5-3-4-6-10(9)17-2/h3-8H,1-2H3,(H2,13,15). The number of ether oxygens (including phenoxy) is 1. The summed E-state index contributed by atoms with van der Waals surface area (Å²) < 4.78 is 5.30. The summed E-state index contributed by atoms with van der Waals surface area (Å²) in [5, 5.41) is 0. The molecule has 0 bridgehead atoms. The molecule has 0 saturated carbocycles. The molecule has 0 radical (unpaired) electrons. The number of aromatic nitrogens is 2. The van der Waals surface area contributed by atoms with Crippen LogP contribution in [-0.4, -0.2) is 24.1 Å². The van der Waals surface area contributed by atoms with Gasteiger partial charge >= 0.3 is 0 Å². The van der Waals surface area contributed by atoms with Gasteiger partial charge in [-0.3, -0.25) is 4.98 Å². The first kappa shape index (κ1) is 11.2. The molecule has 2 N–H and O–H groups in total. The Labute approximate surface area is 99.9 Å². The fraction of sp³-hybridized carbons (Fsp3) is 0.167. The van der Waals surface area contributed by atoms with Crippen LogP contribution in [0, 0.1) is 0 Å². The summed E-state index contributed by atoms with van der Waals surface area (Å²) in [4.78, 5) is 10.1. The van der Waals surface area contributed by atoms with Crippen molar-refractivity contribution >= 4 is 17.3 Å². The van der Waals surface area contributed by atoms with Gasteiger partial charge in [0.1, 0.15) is 11.6 Å². The predicted molar refractivity (Wildman–Crippen MR) is 67.5 cm³/mol. The van der Waals surface area contributed by atoms with Gasteiger partial charge in [0.15, 0.2) is 5.82 Å². The van der Waals surface area contributed by atoms with E-state index in [-0.39, 0.29) is 0 Å². The maximum absolute atomic E-state index is 5.61. The zero-order chi connectivity index (χ0) is 12.3. The van der Waals surface area contributed by atoms with E-state index < -0.39 is 0 Å². The Morgan fingerprint density at radius 2 is 2.00 bits per heavy atom. The summed E-state index contributed by atoms with van der Waals surface area (Å²) in [6, 6.07) is 7.70. The van der Waals surface area contributed by atoms with Crippen LogP contribution in [0.15, 0.2) is 36.7 Å². The largest absolute Gasteiger partial charge is 0.495 e. The minimum atomic E-state index is 0.393. The second kappa shape index (κ2) is 4.69. The molecule has 2 rings (SSSR count). The number of anilines is 3. The summed E-state index contributed by atoms with van der Waals surface area (Å²) in [5.41, 5.74) is 6.53. The van der Waals surface area contributed by atoms with Gasteiger partial charge in [-0.1, -0.05) is 12.1 Å². The fourth-order valence-electron chi connectivity index (χ4n) is 1.56. The fourth-order valence-corrected chi connectivity index (χ4v) is 1.56. The third kappa shape index (κ3) is 2.28. The van der Waals surface area contributed by atoms with E-state index in [9.17, 15) is 0 Å². The van der Waals surface area contributed by atoms with Crippen molar-refractivity contribution in [2.75, 3.05) is 24.8 Å². The SMILES string of the molecule is COc1ccccc1N(C)c1cncc(N)n1. The molecule has 0 aliphatic carbocycles. The number of nitrogens with zero attached hydrogens (tertiary/aromatic N) is 3. The molecule has 0 aliphatic heterocycles. The lowest BCUT2D eigenvalue weighted by Gasteiger charge is -2.20. The first-order chi connectivity index (χ1) is 8.22. The third-order valence-electron chi connectivity index (χ3n) is 2.43. The molecule has 0 fully saturated rings. The Morgan fingerprint density at radius 3 is 2.71 bits per heavy atom. The summed E-state index contributed by atoms with van der Waals surface area (Å²) in [5.74, 6) is 1.85. The lowest BCUT2D eigenvalue weighted by molar-refractivity contribution is 0.415. The van der Waals surface area contributed by atoms with E-state index in [0.29, 0.717) is 11.6 Å². The minimum Gasteiger partial charge on any atom is -0.495 e. The highest BCUT2D eigenvalue weighted by Crippen LogP contribution is 2.30. The van der Waals surface area contributed by atoms with Gasteiger partial charge in [-0.15, -0.1) is 0 Å².